The Kier molecular flexibility index (Phi) is 6.57. The number of anilines is 1. The molecule has 33 heavy (non-hydrogen) atoms. The van der Waals surface area contributed by atoms with Gasteiger partial charge in [0.25, 0.3) is 5.91 Å². The van der Waals surface area contributed by atoms with E-state index in [1.54, 1.807) is 18.5 Å². The van der Waals surface area contributed by atoms with Gasteiger partial charge in [0.2, 0.25) is 5.82 Å². The zero-order valence-electron chi connectivity index (χ0n) is 17.4. The molecular formula is C22H20F3N7O. The van der Waals surface area contributed by atoms with Gasteiger partial charge in [0.1, 0.15) is 16.9 Å². The minimum atomic E-state index is -0.760. The Morgan fingerprint density at radius 1 is 1.00 bits per heavy atom. The number of aromatic nitrogens is 4. The van der Waals surface area contributed by atoms with Gasteiger partial charge in [0.15, 0.2) is 23.3 Å². The van der Waals surface area contributed by atoms with E-state index >= 15 is 0 Å². The first-order valence-corrected chi connectivity index (χ1v) is 10.4. The second kappa shape index (κ2) is 9.72. The summed E-state index contributed by atoms with van der Waals surface area (Å²) < 4.78 is 39.2. The summed E-state index contributed by atoms with van der Waals surface area (Å²) >= 11 is 0. The molecule has 0 saturated heterocycles. The maximum absolute atomic E-state index is 13.3. The van der Waals surface area contributed by atoms with Crippen molar-refractivity contribution < 1.29 is 18.0 Å². The predicted molar refractivity (Wildman–Crippen MR) is 112 cm³/mol. The second-order valence-electron chi connectivity index (χ2n) is 7.55. The molecule has 8 nitrogen and oxygen atoms in total. The zero-order chi connectivity index (χ0) is 23.4. The van der Waals surface area contributed by atoms with Gasteiger partial charge in [-0.1, -0.05) is 19.3 Å². The number of amides is 1. The number of hydrogen-bond donors (Lipinski definition) is 2. The highest BCUT2D eigenvalue weighted by Crippen LogP contribution is 2.17. The van der Waals surface area contributed by atoms with Gasteiger partial charge in [-0.3, -0.25) is 4.79 Å². The molecule has 1 amide bonds. The first-order chi connectivity index (χ1) is 15.9. The molecule has 1 saturated carbocycles. The number of carbonyl (C=O) groups is 1. The van der Waals surface area contributed by atoms with Crippen molar-refractivity contribution in [2.75, 3.05) is 5.73 Å². The number of nitrogens with one attached hydrogen (secondary N) is 1. The van der Waals surface area contributed by atoms with E-state index in [1.807, 2.05) is 0 Å². The Balaban J connectivity index is 0.000000160. The first kappa shape index (κ1) is 22.3. The maximum atomic E-state index is 13.3. The van der Waals surface area contributed by atoms with Crippen molar-refractivity contribution in [2.24, 2.45) is 4.99 Å². The van der Waals surface area contributed by atoms with Gasteiger partial charge in [0.05, 0.1) is 6.20 Å². The molecule has 11 heteroatoms. The Morgan fingerprint density at radius 2 is 1.73 bits per heavy atom. The van der Waals surface area contributed by atoms with Crippen LogP contribution in [0.1, 0.15) is 48.5 Å². The van der Waals surface area contributed by atoms with Crippen LogP contribution in [0, 0.1) is 17.5 Å². The van der Waals surface area contributed by atoms with Gasteiger partial charge in [-0.25, -0.2) is 38.1 Å². The summed E-state index contributed by atoms with van der Waals surface area (Å²) in [6.45, 7) is 0. The van der Waals surface area contributed by atoms with Crippen molar-refractivity contribution in [1.82, 2.24) is 25.3 Å². The van der Waals surface area contributed by atoms with Crippen LogP contribution >= 0.6 is 0 Å². The van der Waals surface area contributed by atoms with Crippen LogP contribution < -0.4 is 21.6 Å². The van der Waals surface area contributed by atoms with E-state index < -0.39 is 17.5 Å². The largest absolute Gasteiger partial charge is 0.381 e. The Bertz CT molecular complexity index is 1300. The summed E-state index contributed by atoms with van der Waals surface area (Å²) in [5.41, 5.74) is 5.48. The monoisotopic (exact) mass is 455 g/mol. The van der Waals surface area contributed by atoms with E-state index in [1.165, 1.54) is 19.3 Å². The molecule has 0 bridgehead atoms. The molecule has 170 valence electrons. The molecule has 1 aliphatic carbocycles. The fraction of sp³-hybridized carbons (Fsp3) is 0.273. The number of nitrogens with two attached hydrogens (primary N) is 1. The first-order valence-electron chi connectivity index (χ1n) is 10.4. The molecule has 1 aromatic carbocycles. The van der Waals surface area contributed by atoms with Crippen LogP contribution in [0.4, 0.5) is 19.0 Å². The van der Waals surface area contributed by atoms with Gasteiger partial charge in [0, 0.05) is 29.7 Å². The van der Waals surface area contributed by atoms with Gasteiger partial charge in [-0.15, -0.1) is 0 Å². The summed E-state index contributed by atoms with van der Waals surface area (Å²) in [5, 5.41) is 3.26. The Labute approximate surface area is 186 Å². The van der Waals surface area contributed by atoms with Crippen molar-refractivity contribution in [1.29, 1.82) is 0 Å². The third kappa shape index (κ3) is 5.13. The summed E-state index contributed by atoms with van der Waals surface area (Å²) in [4.78, 5) is 30.7. The molecule has 3 N–H and O–H groups in total. The number of fused-ring (bicyclic) bond motifs is 1. The van der Waals surface area contributed by atoms with Crippen molar-refractivity contribution in [3.8, 4) is 0 Å². The molecule has 2 aromatic heterocycles. The van der Waals surface area contributed by atoms with Gasteiger partial charge in [-0.05, 0) is 25.0 Å². The van der Waals surface area contributed by atoms with Crippen molar-refractivity contribution in [3.05, 3.63) is 76.5 Å². The number of halogens is 3. The minimum absolute atomic E-state index is 0.0337. The van der Waals surface area contributed by atoms with Gasteiger partial charge in [-0.2, -0.15) is 0 Å². The van der Waals surface area contributed by atoms with Crippen LogP contribution in [0.25, 0.3) is 5.70 Å². The smallest absolute Gasteiger partial charge is 0.289 e. The lowest BCUT2D eigenvalue weighted by Crippen LogP contribution is -2.39. The Hall–Kier alpha value is -3.89. The number of rotatable bonds is 3. The third-order valence-corrected chi connectivity index (χ3v) is 5.20. The summed E-state index contributed by atoms with van der Waals surface area (Å²) in [7, 11) is 0. The van der Waals surface area contributed by atoms with E-state index in [-0.39, 0.29) is 39.6 Å². The van der Waals surface area contributed by atoms with E-state index in [4.69, 9.17) is 5.73 Å². The fourth-order valence-corrected chi connectivity index (χ4v) is 3.56. The van der Waals surface area contributed by atoms with Crippen LogP contribution in [0.2, 0.25) is 0 Å². The summed E-state index contributed by atoms with van der Waals surface area (Å²) in [5.74, 6) is -2.44. The topological polar surface area (TPSA) is 119 Å². The highest BCUT2D eigenvalue weighted by Gasteiger charge is 2.19. The molecule has 0 atom stereocenters. The average molecular weight is 455 g/mol. The van der Waals surface area contributed by atoms with Crippen molar-refractivity contribution in [2.45, 2.75) is 38.1 Å². The molecule has 0 spiro atoms. The van der Waals surface area contributed by atoms with Gasteiger partial charge >= 0.3 is 0 Å². The molecule has 3 heterocycles. The predicted octanol–water partition coefficient (Wildman–Crippen LogP) is 1.80. The van der Waals surface area contributed by atoms with E-state index in [9.17, 15) is 18.0 Å². The quantitative estimate of drug-likeness (QED) is 0.622. The lowest BCUT2D eigenvalue weighted by Gasteiger charge is -2.22. The fourth-order valence-electron chi connectivity index (χ4n) is 3.56. The number of benzene rings is 1. The Morgan fingerprint density at radius 3 is 2.42 bits per heavy atom. The SMILES string of the molecule is Nc1nc(C2=c3cc(F)cc(F)c3=N2)ncc1F.O=C(NC1CCCCC1)c1ncccn1. The number of nitrogens with zero attached hydrogens (tertiary/aromatic N) is 5. The van der Waals surface area contributed by atoms with E-state index in [0.717, 1.165) is 31.2 Å². The second-order valence-corrected chi connectivity index (χ2v) is 7.55. The standard InChI is InChI=1S/C11H5F3N4.C11H15N3O/c12-4-1-5-8(6(13)2-4)17-9(5)11-16-3-7(14)10(15)18-11;15-11(10-12-7-4-8-13-10)14-9-5-2-1-3-6-9/h1-3H,(H2,15,16,18);4,7-9H,1-3,5-6H2,(H,14,15). The van der Waals surface area contributed by atoms with E-state index in [2.05, 4.69) is 30.2 Å². The summed E-state index contributed by atoms with van der Waals surface area (Å²) in [6.07, 6.45) is 9.92. The molecule has 5 rings (SSSR count). The van der Waals surface area contributed by atoms with Crippen LogP contribution in [0.5, 0.6) is 0 Å². The van der Waals surface area contributed by atoms with E-state index in [0.29, 0.717) is 6.04 Å². The lowest BCUT2D eigenvalue weighted by molar-refractivity contribution is 0.0917. The lowest BCUT2D eigenvalue weighted by atomic mass is 9.95. The third-order valence-electron chi connectivity index (χ3n) is 5.20. The maximum Gasteiger partial charge on any atom is 0.289 e. The molecule has 1 fully saturated rings. The number of nitrogen functional groups attached to an aromatic ring is 1. The molecule has 1 aliphatic heterocycles. The van der Waals surface area contributed by atoms with Gasteiger partial charge < -0.3 is 11.1 Å². The van der Waals surface area contributed by atoms with Crippen LogP contribution in [0.15, 0.2) is 41.8 Å². The van der Waals surface area contributed by atoms with Crippen molar-refractivity contribution in [3.63, 3.8) is 0 Å². The summed E-state index contributed by atoms with van der Waals surface area (Å²) in [6, 6.07) is 3.87. The minimum Gasteiger partial charge on any atom is -0.381 e. The molecule has 0 radical (unpaired) electrons. The van der Waals surface area contributed by atoms with Crippen LogP contribution in [0.3, 0.4) is 0 Å². The number of carbonyl (C=O) groups excluding carboxylic acids is 1. The molecular weight excluding hydrogens is 435 g/mol. The van der Waals surface area contributed by atoms with Crippen molar-refractivity contribution >= 4 is 17.4 Å². The highest BCUT2D eigenvalue weighted by atomic mass is 19.1. The highest BCUT2D eigenvalue weighted by molar-refractivity contribution is 5.90. The number of hydrogen-bond acceptors (Lipinski definition) is 7. The molecule has 0 unspecified atom stereocenters. The van der Waals surface area contributed by atoms with Crippen LogP contribution in [-0.2, 0) is 0 Å². The molecule has 2 aliphatic rings. The zero-order valence-corrected chi connectivity index (χ0v) is 17.4. The van der Waals surface area contributed by atoms with Crippen LogP contribution in [-0.4, -0.2) is 31.9 Å². The molecule has 3 aromatic rings. The normalized spacial score (nSPS) is 14.8. The average Bonchev–Trinajstić information content (AvgIpc) is 2.80.